The lowest BCUT2D eigenvalue weighted by atomic mass is 10.3. The Morgan fingerprint density at radius 3 is 2.50 bits per heavy atom. The molecule has 1 saturated heterocycles. The number of piperazine rings is 1. The number of aromatic nitrogens is 3. The van der Waals surface area contributed by atoms with Crippen molar-refractivity contribution < 1.29 is 8.42 Å². The molecule has 3 heterocycles. The second-order valence-corrected chi connectivity index (χ2v) is 6.99. The van der Waals surface area contributed by atoms with Gasteiger partial charge in [-0.25, -0.2) is 18.4 Å². The summed E-state index contributed by atoms with van der Waals surface area (Å²) in [4.78, 5) is 10.8. The van der Waals surface area contributed by atoms with E-state index in [1.165, 1.54) is 10.6 Å². The van der Waals surface area contributed by atoms with Crippen LogP contribution in [0.3, 0.4) is 0 Å². The zero-order valence-corrected chi connectivity index (χ0v) is 12.3. The van der Waals surface area contributed by atoms with E-state index in [2.05, 4.69) is 14.9 Å². The molecule has 2 aromatic heterocycles. The molecule has 0 aromatic carbocycles. The first-order valence-corrected chi connectivity index (χ1v) is 8.28. The topological polar surface area (TPSA) is 71.3 Å². The van der Waals surface area contributed by atoms with E-state index in [1.807, 2.05) is 23.9 Å². The summed E-state index contributed by atoms with van der Waals surface area (Å²) in [6, 6.07) is 1.99. The van der Waals surface area contributed by atoms with Crippen LogP contribution in [0.2, 0.25) is 0 Å². The van der Waals surface area contributed by atoms with Crippen molar-refractivity contribution in [3.8, 4) is 0 Å². The Morgan fingerprint density at radius 2 is 1.85 bits per heavy atom. The summed E-state index contributed by atoms with van der Waals surface area (Å²) < 4.78 is 26.5. The first-order chi connectivity index (χ1) is 9.47. The van der Waals surface area contributed by atoms with Crippen molar-refractivity contribution in [2.45, 2.75) is 0 Å². The highest BCUT2D eigenvalue weighted by Gasteiger charge is 2.25. The lowest BCUT2D eigenvalue weighted by Gasteiger charge is -2.34. The SMILES string of the molecule is Cn1ccc2c(N3CCN(S(C)(=O)=O)CC3)ncnc21. The van der Waals surface area contributed by atoms with Gasteiger partial charge in [-0.3, -0.25) is 0 Å². The van der Waals surface area contributed by atoms with Crippen molar-refractivity contribution in [2.24, 2.45) is 7.05 Å². The number of fused-ring (bicyclic) bond motifs is 1. The minimum Gasteiger partial charge on any atom is -0.353 e. The third kappa shape index (κ3) is 2.25. The molecule has 20 heavy (non-hydrogen) atoms. The number of nitrogens with zero attached hydrogens (tertiary/aromatic N) is 5. The van der Waals surface area contributed by atoms with Gasteiger partial charge in [0.25, 0.3) is 0 Å². The van der Waals surface area contributed by atoms with Crippen LogP contribution >= 0.6 is 0 Å². The van der Waals surface area contributed by atoms with Crippen molar-refractivity contribution in [1.29, 1.82) is 0 Å². The van der Waals surface area contributed by atoms with E-state index in [9.17, 15) is 8.42 Å². The average Bonchev–Trinajstić information content (AvgIpc) is 2.80. The molecule has 1 fully saturated rings. The lowest BCUT2D eigenvalue weighted by molar-refractivity contribution is 0.387. The number of hydrogen-bond acceptors (Lipinski definition) is 5. The average molecular weight is 295 g/mol. The molecule has 0 amide bonds. The maximum absolute atomic E-state index is 11.5. The van der Waals surface area contributed by atoms with E-state index >= 15 is 0 Å². The van der Waals surface area contributed by atoms with E-state index in [0.29, 0.717) is 26.2 Å². The normalized spacial score (nSPS) is 17.8. The van der Waals surface area contributed by atoms with Gasteiger partial charge in [0.15, 0.2) is 0 Å². The Balaban J connectivity index is 1.87. The van der Waals surface area contributed by atoms with Gasteiger partial charge in [0.1, 0.15) is 17.8 Å². The highest BCUT2D eigenvalue weighted by atomic mass is 32.2. The van der Waals surface area contributed by atoms with Crippen molar-refractivity contribution in [3.05, 3.63) is 18.6 Å². The Bertz CT molecular complexity index is 731. The van der Waals surface area contributed by atoms with Gasteiger partial charge in [-0.15, -0.1) is 0 Å². The largest absolute Gasteiger partial charge is 0.353 e. The Hall–Kier alpha value is -1.67. The molecule has 0 bridgehead atoms. The summed E-state index contributed by atoms with van der Waals surface area (Å²) in [5.41, 5.74) is 0.889. The molecule has 0 saturated carbocycles. The quantitative estimate of drug-likeness (QED) is 0.783. The first kappa shape index (κ1) is 13.3. The van der Waals surface area contributed by atoms with Crippen LogP contribution in [0, 0.1) is 0 Å². The maximum Gasteiger partial charge on any atom is 0.211 e. The summed E-state index contributed by atoms with van der Waals surface area (Å²) in [5, 5.41) is 1.00. The minimum atomic E-state index is -3.10. The van der Waals surface area contributed by atoms with Crippen LogP contribution < -0.4 is 4.90 Å². The molecule has 0 radical (unpaired) electrons. The van der Waals surface area contributed by atoms with Crippen LogP contribution in [-0.2, 0) is 17.1 Å². The number of sulfonamides is 1. The summed E-state index contributed by atoms with van der Waals surface area (Å²) in [6.45, 7) is 2.29. The third-order valence-electron chi connectivity index (χ3n) is 3.65. The molecular weight excluding hydrogens is 278 g/mol. The van der Waals surface area contributed by atoms with E-state index in [4.69, 9.17) is 0 Å². The molecule has 8 heteroatoms. The molecule has 0 spiro atoms. The van der Waals surface area contributed by atoms with Gasteiger partial charge in [0.05, 0.1) is 11.6 Å². The highest BCUT2D eigenvalue weighted by molar-refractivity contribution is 7.88. The van der Waals surface area contributed by atoms with Crippen LogP contribution in [0.1, 0.15) is 0 Å². The van der Waals surface area contributed by atoms with Crippen molar-refractivity contribution in [3.63, 3.8) is 0 Å². The smallest absolute Gasteiger partial charge is 0.211 e. The Labute approximate surface area is 117 Å². The third-order valence-corrected chi connectivity index (χ3v) is 4.95. The number of rotatable bonds is 2. The predicted molar refractivity (Wildman–Crippen MR) is 77.1 cm³/mol. The van der Waals surface area contributed by atoms with Crippen molar-refractivity contribution in [1.82, 2.24) is 18.8 Å². The van der Waals surface area contributed by atoms with Gasteiger partial charge >= 0.3 is 0 Å². The number of hydrogen-bond donors (Lipinski definition) is 0. The Morgan fingerprint density at radius 1 is 1.15 bits per heavy atom. The van der Waals surface area contributed by atoms with Gasteiger partial charge < -0.3 is 9.47 Å². The van der Waals surface area contributed by atoms with Crippen molar-refractivity contribution in [2.75, 3.05) is 37.3 Å². The fraction of sp³-hybridized carbons (Fsp3) is 0.500. The lowest BCUT2D eigenvalue weighted by Crippen LogP contribution is -2.48. The fourth-order valence-electron chi connectivity index (χ4n) is 2.55. The van der Waals surface area contributed by atoms with Crippen LogP contribution in [0.4, 0.5) is 5.82 Å². The molecule has 0 unspecified atom stereocenters. The molecule has 3 rings (SSSR count). The van der Waals surface area contributed by atoms with Crippen molar-refractivity contribution >= 4 is 26.9 Å². The fourth-order valence-corrected chi connectivity index (χ4v) is 3.37. The van der Waals surface area contributed by atoms with Crippen LogP contribution in [-0.4, -0.2) is 59.7 Å². The molecule has 0 N–H and O–H groups in total. The van der Waals surface area contributed by atoms with Gasteiger partial charge in [-0.2, -0.15) is 4.31 Å². The molecular formula is C12H17N5O2S. The van der Waals surface area contributed by atoms with E-state index < -0.39 is 10.0 Å². The molecule has 2 aromatic rings. The summed E-state index contributed by atoms with van der Waals surface area (Å²) in [7, 11) is -1.15. The van der Waals surface area contributed by atoms with Crippen LogP contribution in [0.15, 0.2) is 18.6 Å². The first-order valence-electron chi connectivity index (χ1n) is 6.43. The highest BCUT2D eigenvalue weighted by Crippen LogP contribution is 2.24. The van der Waals surface area contributed by atoms with E-state index in [-0.39, 0.29) is 0 Å². The number of aryl methyl sites for hydroxylation is 1. The zero-order chi connectivity index (χ0) is 14.3. The standard InChI is InChI=1S/C12H17N5O2S/c1-15-4-3-10-11(15)13-9-14-12(10)16-5-7-17(8-6-16)20(2,18)19/h3-4,9H,5-8H2,1-2H3. The summed E-state index contributed by atoms with van der Waals surface area (Å²) in [5.74, 6) is 0.878. The van der Waals surface area contributed by atoms with Crippen LogP contribution in [0.25, 0.3) is 11.0 Å². The molecule has 7 nitrogen and oxygen atoms in total. The molecule has 108 valence electrons. The molecule has 0 atom stereocenters. The molecule has 0 aliphatic carbocycles. The Kier molecular flexibility index (Phi) is 3.14. The second kappa shape index (κ2) is 4.71. The van der Waals surface area contributed by atoms with Gasteiger partial charge in [0, 0.05) is 39.4 Å². The summed E-state index contributed by atoms with van der Waals surface area (Å²) in [6.07, 6.45) is 4.76. The second-order valence-electron chi connectivity index (χ2n) is 5.01. The van der Waals surface area contributed by atoms with Gasteiger partial charge in [0.2, 0.25) is 10.0 Å². The minimum absolute atomic E-state index is 0.497. The van der Waals surface area contributed by atoms with Gasteiger partial charge in [-0.05, 0) is 6.07 Å². The molecule has 1 aliphatic heterocycles. The maximum atomic E-state index is 11.5. The predicted octanol–water partition coefficient (Wildman–Crippen LogP) is 0.0499. The number of anilines is 1. The zero-order valence-electron chi connectivity index (χ0n) is 11.5. The monoisotopic (exact) mass is 295 g/mol. The van der Waals surface area contributed by atoms with E-state index in [0.717, 1.165) is 16.9 Å². The van der Waals surface area contributed by atoms with Gasteiger partial charge in [-0.1, -0.05) is 0 Å². The van der Waals surface area contributed by atoms with E-state index in [1.54, 1.807) is 6.33 Å². The summed E-state index contributed by atoms with van der Waals surface area (Å²) >= 11 is 0. The van der Waals surface area contributed by atoms with Crippen LogP contribution in [0.5, 0.6) is 0 Å². The molecule has 1 aliphatic rings.